The van der Waals surface area contributed by atoms with Gasteiger partial charge in [-0.2, -0.15) is 0 Å². The lowest BCUT2D eigenvalue weighted by atomic mass is 9.76. The van der Waals surface area contributed by atoms with Crippen LogP contribution in [0.4, 0.5) is 0 Å². The van der Waals surface area contributed by atoms with Crippen molar-refractivity contribution in [1.82, 2.24) is 0 Å². The molecule has 0 spiro atoms. The van der Waals surface area contributed by atoms with E-state index >= 15 is 0 Å². The summed E-state index contributed by atoms with van der Waals surface area (Å²) in [6.07, 6.45) is 1.61. The summed E-state index contributed by atoms with van der Waals surface area (Å²) in [5, 5.41) is 0. The Kier molecular flexibility index (Phi) is 3.48. The summed E-state index contributed by atoms with van der Waals surface area (Å²) >= 11 is 0. The minimum Gasteiger partial charge on any atom is -0.201 e. The molecule has 146 valence electrons. The zero-order valence-electron chi connectivity index (χ0n) is 24.6. The lowest BCUT2D eigenvalue weighted by Gasteiger charge is -2.28. The Labute approximate surface area is 180 Å². The normalized spacial score (nSPS) is 18.6. The largest absolute Gasteiger partial charge is 0.212 e. The lowest BCUT2D eigenvalue weighted by molar-refractivity contribution is -0.660. The molecule has 28 heavy (non-hydrogen) atoms. The van der Waals surface area contributed by atoms with Crippen molar-refractivity contribution in [3.63, 3.8) is 0 Å². The summed E-state index contributed by atoms with van der Waals surface area (Å²) < 4.78 is 59.2. The van der Waals surface area contributed by atoms with Crippen LogP contribution >= 0.6 is 0 Å². The highest BCUT2D eigenvalue weighted by molar-refractivity contribution is 5.74. The molecule has 1 atom stereocenters. The van der Waals surface area contributed by atoms with E-state index in [1.165, 1.54) is 0 Å². The predicted octanol–water partition coefficient (Wildman–Crippen LogP) is 6.92. The quantitative estimate of drug-likeness (QED) is 0.435. The molecule has 1 nitrogen and oxygen atoms in total. The first-order valence-corrected chi connectivity index (χ1v) is 9.61. The molecular formula is C27H34N+. The molecule has 0 saturated heterocycles. The summed E-state index contributed by atoms with van der Waals surface area (Å²) in [5.41, 5.74) is 4.38. The standard InChI is InChI=1S/C27H34N/c1-18-11-9-10-12-23(18)22-14-13-19(2)25(15-22)26-16-24(20(3)17-28(26)8)21(4)27(5,6)7/h9-17,21H,1-8H3/q+1/i1D3,3D3,21D. The van der Waals surface area contributed by atoms with Gasteiger partial charge in [0.2, 0.25) is 5.69 Å². The Morgan fingerprint density at radius 3 is 2.32 bits per heavy atom. The van der Waals surface area contributed by atoms with Crippen LogP contribution in [0.1, 0.15) is 65.4 Å². The van der Waals surface area contributed by atoms with Gasteiger partial charge in [-0.1, -0.05) is 64.1 Å². The Morgan fingerprint density at radius 2 is 1.64 bits per heavy atom. The molecule has 3 rings (SSSR count). The van der Waals surface area contributed by atoms with Crippen molar-refractivity contribution in [3.8, 4) is 22.4 Å². The number of hydrogen-bond donors (Lipinski definition) is 0. The number of rotatable bonds is 3. The fourth-order valence-electron chi connectivity index (χ4n) is 3.43. The average molecular weight is 380 g/mol. The van der Waals surface area contributed by atoms with Crippen LogP contribution in [-0.2, 0) is 7.05 Å². The fourth-order valence-corrected chi connectivity index (χ4v) is 3.43. The Balaban J connectivity index is 2.33. The monoisotopic (exact) mass is 379 g/mol. The molecule has 0 amide bonds. The molecule has 1 heterocycles. The van der Waals surface area contributed by atoms with Crippen molar-refractivity contribution >= 4 is 0 Å². The topological polar surface area (TPSA) is 3.88 Å². The average Bonchev–Trinajstić information content (AvgIpc) is 2.72. The van der Waals surface area contributed by atoms with Crippen molar-refractivity contribution in [2.24, 2.45) is 12.5 Å². The van der Waals surface area contributed by atoms with Crippen molar-refractivity contribution in [2.45, 2.75) is 54.2 Å². The van der Waals surface area contributed by atoms with Gasteiger partial charge < -0.3 is 0 Å². The van der Waals surface area contributed by atoms with Crippen molar-refractivity contribution < 1.29 is 14.2 Å². The highest BCUT2D eigenvalue weighted by Gasteiger charge is 2.26. The molecule has 1 heteroatoms. The first kappa shape index (κ1) is 12.9. The first-order valence-electron chi connectivity index (χ1n) is 13.1. The van der Waals surface area contributed by atoms with Gasteiger partial charge in [-0.05, 0) is 65.8 Å². The summed E-state index contributed by atoms with van der Waals surface area (Å²) in [5.74, 6) is -1.17. The second-order valence-electron chi connectivity index (χ2n) is 8.55. The molecule has 0 aliphatic heterocycles. The van der Waals surface area contributed by atoms with E-state index in [0.29, 0.717) is 11.1 Å². The smallest absolute Gasteiger partial charge is 0.201 e. The van der Waals surface area contributed by atoms with E-state index in [1.807, 2.05) is 58.0 Å². The van der Waals surface area contributed by atoms with Crippen LogP contribution in [0.2, 0.25) is 0 Å². The molecule has 3 aromatic rings. The van der Waals surface area contributed by atoms with Gasteiger partial charge >= 0.3 is 0 Å². The summed E-state index contributed by atoms with van der Waals surface area (Å²) in [6, 6.07) is 14.6. The molecule has 1 unspecified atom stereocenters. The van der Waals surface area contributed by atoms with Gasteiger partial charge in [0.1, 0.15) is 7.05 Å². The van der Waals surface area contributed by atoms with Crippen LogP contribution in [0.5, 0.6) is 0 Å². The summed E-state index contributed by atoms with van der Waals surface area (Å²) in [4.78, 5) is 0. The molecular weight excluding hydrogens is 338 g/mol. The Hall–Kier alpha value is -2.41. The highest BCUT2D eigenvalue weighted by Crippen LogP contribution is 2.37. The van der Waals surface area contributed by atoms with Crippen LogP contribution < -0.4 is 4.57 Å². The fraction of sp³-hybridized carbons (Fsp3) is 0.370. The van der Waals surface area contributed by atoms with Gasteiger partial charge in [0.25, 0.3) is 0 Å². The van der Waals surface area contributed by atoms with E-state index in [9.17, 15) is 1.37 Å². The molecule has 0 bridgehead atoms. The van der Waals surface area contributed by atoms with Gasteiger partial charge in [-0.25, -0.2) is 4.57 Å². The van der Waals surface area contributed by atoms with Crippen molar-refractivity contribution in [3.05, 3.63) is 77.0 Å². The Bertz CT molecular complexity index is 1250. The maximum absolute atomic E-state index is 9.17. The van der Waals surface area contributed by atoms with E-state index in [4.69, 9.17) is 8.22 Å². The number of aromatic nitrogens is 1. The highest BCUT2D eigenvalue weighted by atomic mass is 14.9. The van der Waals surface area contributed by atoms with Gasteiger partial charge in [-0.3, -0.25) is 0 Å². The van der Waals surface area contributed by atoms with Crippen LogP contribution in [0.3, 0.4) is 0 Å². The molecule has 0 saturated carbocycles. The van der Waals surface area contributed by atoms with Crippen LogP contribution in [0, 0.1) is 26.0 Å². The molecule has 0 fully saturated rings. The minimum atomic E-state index is -2.37. The van der Waals surface area contributed by atoms with E-state index in [0.717, 1.165) is 22.4 Å². The second-order valence-corrected chi connectivity index (χ2v) is 8.55. The number of nitrogens with zero attached hydrogens (tertiary/aromatic N) is 1. The van der Waals surface area contributed by atoms with Gasteiger partial charge in [0, 0.05) is 26.8 Å². The molecule has 0 aliphatic rings. The van der Waals surface area contributed by atoms with Crippen LogP contribution in [0.25, 0.3) is 22.4 Å². The number of aryl methyl sites for hydroxylation is 4. The lowest BCUT2D eigenvalue weighted by Crippen LogP contribution is -2.32. The molecule has 0 aliphatic carbocycles. The molecule has 1 aromatic heterocycles. The Morgan fingerprint density at radius 1 is 0.929 bits per heavy atom. The third-order valence-electron chi connectivity index (χ3n) is 5.55. The van der Waals surface area contributed by atoms with E-state index in [1.54, 1.807) is 42.9 Å². The third kappa shape index (κ3) is 3.90. The van der Waals surface area contributed by atoms with Gasteiger partial charge in [-0.15, -0.1) is 0 Å². The maximum atomic E-state index is 9.17. The van der Waals surface area contributed by atoms with Crippen molar-refractivity contribution in [2.75, 3.05) is 0 Å². The van der Waals surface area contributed by atoms with Crippen molar-refractivity contribution in [1.29, 1.82) is 0 Å². The molecule has 0 radical (unpaired) electrons. The number of hydrogen-bond acceptors (Lipinski definition) is 0. The van der Waals surface area contributed by atoms with E-state index < -0.39 is 25.0 Å². The third-order valence-corrected chi connectivity index (χ3v) is 5.55. The zero-order chi connectivity index (χ0) is 26.6. The van der Waals surface area contributed by atoms with Gasteiger partial charge in [0.15, 0.2) is 6.20 Å². The second kappa shape index (κ2) is 7.54. The molecule has 2 aromatic carbocycles. The predicted molar refractivity (Wildman–Crippen MR) is 121 cm³/mol. The van der Waals surface area contributed by atoms with E-state index in [2.05, 4.69) is 0 Å². The van der Waals surface area contributed by atoms with E-state index in [-0.39, 0.29) is 11.1 Å². The number of pyridine rings is 1. The van der Waals surface area contributed by atoms with Crippen LogP contribution in [-0.4, -0.2) is 0 Å². The van der Waals surface area contributed by atoms with Gasteiger partial charge in [0.05, 0.1) is 0 Å². The summed E-state index contributed by atoms with van der Waals surface area (Å²) in [7, 11) is 1.80. The molecule has 0 N–H and O–H groups in total. The zero-order valence-corrected chi connectivity index (χ0v) is 17.6. The maximum Gasteiger partial charge on any atom is 0.212 e. The van der Waals surface area contributed by atoms with Crippen LogP contribution in [0.15, 0.2) is 54.7 Å². The first-order chi connectivity index (χ1) is 15.9. The number of benzene rings is 2. The SMILES string of the molecule is [2H]C([2H])([2H])c1ccccc1-c1ccc(C)c(-c2cc(C([2H])(C)C(C)(C)C)c(C([2H])([2H])[2H])c[n+]2C)c1. The summed E-state index contributed by atoms with van der Waals surface area (Å²) in [6.45, 7) is 4.93. The minimum absolute atomic E-state index is 0.165.